The van der Waals surface area contributed by atoms with Gasteiger partial charge in [-0.15, -0.1) is 10.2 Å². The van der Waals surface area contributed by atoms with E-state index in [1.165, 1.54) is 0 Å². The lowest BCUT2D eigenvalue weighted by Gasteiger charge is -2.02. The predicted molar refractivity (Wildman–Crippen MR) is 102 cm³/mol. The Morgan fingerprint density at radius 2 is 1.96 bits per heavy atom. The van der Waals surface area contributed by atoms with E-state index in [0.717, 1.165) is 46.5 Å². The number of hydrogen-bond donors (Lipinski definition) is 0. The van der Waals surface area contributed by atoms with Crippen molar-refractivity contribution in [3.05, 3.63) is 54.3 Å². The van der Waals surface area contributed by atoms with Crippen LogP contribution in [0.1, 0.15) is 18.1 Å². The quantitative estimate of drug-likeness (QED) is 0.351. The molecule has 1 aromatic carbocycles. The molecule has 0 bridgehead atoms. The Kier molecular flexibility index (Phi) is 5.06. The lowest BCUT2D eigenvalue weighted by Crippen LogP contribution is -1.96. The number of nitrogens with zero attached hydrogens (tertiary/aromatic N) is 5. The fraction of sp³-hybridized carbons (Fsp3) is 0.263. The van der Waals surface area contributed by atoms with Gasteiger partial charge in [0.25, 0.3) is 0 Å². The van der Waals surface area contributed by atoms with E-state index in [-0.39, 0.29) is 0 Å². The van der Waals surface area contributed by atoms with Gasteiger partial charge in [0.15, 0.2) is 11.0 Å². The number of hydrogen-bond acceptors (Lipinski definition) is 7. The third-order valence-corrected chi connectivity index (χ3v) is 5.31. The minimum atomic E-state index is 0.631. The van der Waals surface area contributed by atoms with Crippen LogP contribution in [-0.2, 0) is 13.5 Å². The van der Waals surface area contributed by atoms with Crippen molar-refractivity contribution in [2.24, 2.45) is 7.05 Å². The van der Waals surface area contributed by atoms with Crippen molar-refractivity contribution in [2.75, 3.05) is 5.75 Å². The number of rotatable bonds is 7. The van der Waals surface area contributed by atoms with Gasteiger partial charge in [-0.2, -0.15) is 4.98 Å². The molecule has 0 aliphatic heterocycles. The van der Waals surface area contributed by atoms with Crippen LogP contribution in [-0.4, -0.2) is 30.7 Å². The zero-order chi connectivity index (χ0) is 18.6. The SMILES string of the molecule is Cc1occc1-c1nnc(SCCCc2nc(-c3ccccc3)no2)n1C. The van der Waals surface area contributed by atoms with E-state index in [9.17, 15) is 0 Å². The van der Waals surface area contributed by atoms with Gasteiger partial charge in [-0.25, -0.2) is 0 Å². The van der Waals surface area contributed by atoms with Gasteiger partial charge in [0, 0.05) is 24.8 Å². The van der Waals surface area contributed by atoms with E-state index in [4.69, 9.17) is 8.94 Å². The molecular formula is C19H19N5O2S. The van der Waals surface area contributed by atoms with Gasteiger partial charge in [-0.05, 0) is 19.4 Å². The molecule has 0 saturated heterocycles. The van der Waals surface area contributed by atoms with E-state index in [1.54, 1.807) is 18.0 Å². The summed E-state index contributed by atoms with van der Waals surface area (Å²) in [5.74, 6) is 3.83. The van der Waals surface area contributed by atoms with E-state index in [0.29, 0.717) is 11.7 Å². The first-order valence-electron chi connectivity index (χ1n) is 8.67. The second-order valence-corrected chi connectivity index (χ2v) is 7.15. The molecule has 0 spiro atoms. The first-order valence-corrected chi connectivity index (χ1v) is 9.65. The normalized spacial score (nSPS) is 11.2. The number of furan rings is 1. The lowest BCUT2D eigenvalue weighted by molar-refractivity contribution is 0.378. The Morgan fingerprint density at radius 1 is 1.11 bits per heavy atom. The van der Waals surface area contributed by atoms with Gasteiger partial charge in [0.05, 0.1) is 11.8 Å². The molecule has 0 atom stereocenters. The van der Waals surface area contributed by atoms with Gasteiger partial charge < -0.3 is 13.5 Å². The second-order valence-electron chi connectivity index (χ2n) is 6.09. The van der Waals surface area contributed by atoms with Crippen LogP contribution < -0.4 is 0 Å². The molecular weight excluding hydrogens is 362 g/mol. The van der Waals surface area contributed by atoms with Crippen LogP contribution in [0.5, 0.6) is 0 Å². The maximum atomic E-state index is 5.35. The summed E-state index contributed by atoms with van der Waals surface area (Å²) in [6.45, 7) is 1.92. The summed E-state index contributed by atoms with van der Waals surface area (Å²) in [4.78, 5) is 4.46. The minimum Gasteiger partial charge on any atom is -0.469 e. The average molecular weight is 381 g/mol. The van der Waals surface area contributed by atoms with Crippen LogP contribution in [0, 0.1) is 6.92 Å². The Hall–Kier alpha value is -2.87. The van der Waals surface area contributed by atoms with Crippen molar-refractivity contribution >= 4 is 11.8 Å². The Bertz CT molecular complexity index is 1020. The highest BCUT2D eigenvalue weighted by Gasteiger charge is 2.15. The van der Waals surface area contributed by atoms with Crippen molar-refractivity contribution in [1.29, 1.82) is 0 Å². The molecule has 4 rings (SSSR count). The van der Waals surface area contributed by atoms with Crippen molar-refractivity contribution in [3.63, 3.8) is 0 Å². The van der Waals surface area contributed by atoms with E-state index in [1.807, 2.05) is 54.9 Å². The molecule has 8 heteroatoms. The molecule has 138 valence electrons. The highest BCUT2D eigenvalue weighted by Crippen LogP contribution is 2.26. The van der Waals surface area contributed by atoms with Crippen LogP contribution in [0.15, 0.2) is 56.8 Å². The number of benzene rings is 1. The third kappa shape index (κ3) is 3.80. The lowest BCUT2D eigenvalue weighted by atomic mass is 10.2. The molecule has 7 nitrogen and oxygen atoms in total. The van der Waals surface area contributed by atoms with Gasteiger partial charge in [-0.3, -0.25) is 0 Å². The second kappa shape index (κ2) is 7.79. The molecule has 0 N–H and O–H groups in total. The van der Waals surface area contributed by atoms with Gasteiger partial charge in [0.1, 0.15) is 5.76 Å². The molecule has 0 unspecified atom stereocenters. The molecule has 0 radical (unpaired) electrons. The Labute approximate surface area is 160 Å². The topological polar surface area (TPSA) is 82.8 Å². The van der Waals surface area contributed by atoms with Crippen LogP contribution in [0.25, 0.3) is 22.8 Å². The Balaban J connectivity index is 1.32. The van der Waals surface area contributed by atoms with Crippen LogP contribution in [0.2, 0.25) is 0 Å². The minimum absolute atomic E-state index is 0.631. The molecule has 3 heterocycles. The molecule has 0 fully saturated rings. The summed E-state index contributed by atoms with van der Waals surface area (Å²) in [5.41, 5.74) is 1.93. The first-order chi connectivity index (χ1) is 13.2. The highest BCUT2D eigenvalue weighted by atomic mass is 32.2. The van der Waals surface area contributed by atoms with Crippen molar-refractivity contribution in [3.8, 4) is 22.8 Å². The number of thioether (sulfide) groups is 1. The van der Waals surface area contributed by atoms with Crippen LogP contribution in [0.4, 0.5) is 0 Å². The fourth-order valence-corrected chi connectivity index (χ4v) is 3.59. The number of aryl methyl sites for hydroxylation is 2. The molecule has 27 heavy (non-hydrogen) atoms. The smallest absolute Gasteiger partial charge is 0.226 e. The van der Waals surface area contributed by atoms with Gasteiger partial charge in [0.2, 0.25) is 11.7 Å². The first kappa shape index (κ1) is 17.5. The molecule has 0 saturated carbocycles. The van der Waals surface area contributed by atoms with E-state index in [2.05, 4.69) is 20.3 Å². The monoisotopic (exact) mass is 381 g/mol. The summed E-state index contributed by atoms with van der Waals surface area (Å²) < 4.78 is 12.7. The zero-order valence-corrected chi connectivity index (χ0v) is 15.9. The number of aromatic nitrogens is 5. The predicted octanol–water partition coefficient (Wildman–Crippen LogP) is 4.16. The Morgan fingerprint density at radius 3 is 2.74 bits per heavy atom. The summed E-state index contributed by atoms with van der Waals surface area (Å²) >= 11 is 1.66. The highest BCUT2D eigenvalue weighted by molar-refractivity contribution is 7.99. The molecule has 0 aliphatic carbocycles. The molecule has 3 aromatic heterocycles. The summed E-state index contributed by atoms with van der Waals surface area (Å²) in [6.07, 6.45) is 3.31. The van der Waals surface area contributed by atoms with Crippen molar-refractivity contribution < 1.29 is 8.94 Å². The average Bonchev–Trinajstić information content (AvgIpc) is 3.41. The molecule has 0 aliphatic rings. The van der Waals surface area contributed by atoms with Gasteiger partial charge >= 0.3 is 0 Å². The maximum Gasteiger partial charge on any atom is 0.226 e. The fourth-order valence-electron chi connectivity index (χ4n) is 2.74. The molecule has 4 aromatic rings. The summed E-state index contributed by atoms with van der Waals surface area (Å²) in [5, 5.41) is 13.5. The van der Waals surface area contributed by atoms with Crippen LogP contribution >= 0.6 is 11.8 Å². The summed E-state index contributed by atoms with van der Waals surface area (Å²) in [6, 6.07) is 11.7. The zero-order valence-electron chi connectivity index (χ0n) is 15.1. The summed E-state index contributed by atoms with van der Waals surface area (Å²) in [7, 11) is 1.97. The van der Waals surface area contributed by atoms with Crippen molar-refractivity contribution in [1.82, 2.24) is 24.9 Å². The van der Waals surface area contributed by atoms with Gasteiger partial charge in [-0.1, -0.05) is 47.3 Å². The largest absolute Gasteiger partial charge is 0.469 e. The van der Waals surface area contributed by atoms with Crippen LogP contribution in [0.3, 0.4) is 0 Å². The van der Waals surface area contributed by atoms with E-state index >= 15 is 0 Å². The van der Waals surface area contributed by atoms with Crippen molar-refractivity contribution in [2.45, 2.75) is 24.9 Å². The standard InChI is InChI=1S/C19H19N5O2S/c1-13-15(10-11-25-13)18-21-22-19(24(18)2)27-12-6-9-16-20-17(23-26-16)14-7-4-3-5-8-14/h3-5,7-8,10-11H,6,9,12H2,1-2H3. The van der Waals surface area contributed by atoms with E-state index < -0.39 is 0 Å². The maximum absolute atomic E-state index is 5.35. The molecule has 0 amide bonds. The third-order valence-electron chi connectivity index (χ3n) is 4.20.